The molecule has 1 aromatic heterocycles. The molecule has 0 aromatic carbocycles. The maximum atomic E-state index is 5.04. The van der Waals surface area contributed by atoms with Crippen LogP contribution in [0.4, 0.5) is 0 Å². The quantitative estimate of drug-likeness (QED) is 0.699. The van der Waals surface area contributed by atoms with E-state index in [9.17, 15) is 0 Å². The van der Waals surface area contributed by atoms with Crippen LogP contribution < -0.4 is 5.32 Å². The monoisotopic (exact) mass is 267 g/mol. The molecule has 0 spiro atoms. The molecule has 0 saturated heterocycles. The van der Waals surface area contributed by atoms with E-state index in [1.165, 1.54) is 24.1 Å². The lowest BCUT2D eigenvalue weighted by atomic mass is 10.1. The fraction of sp³-hybridized carbons (Fsp3) is 0.800. The average molecular weight is 267 g/mol. The lowest BCUT2D eigenvalue weighted by molar-refractivity contribution is 0.199. The average Bonchev–Trinajstić information content (AvgIpc) is 2.61. The van der Waals surface area contributed by atoms with Crippen LogP contribution in [-0.2, 0) is 17.8 Å². The minimum Gasteiger partial charge on any atom is -0.383 e. The molecular formula is C15H29N3O. The predicted molar refractivity (Wildman–Crippen MR) is 79.4 cm³/mol. The van der Waals surface area contributed by atoms with E-state index in [4.69, 9.17) is 4.74 Å². The van der Waals surface area contributed by atoms with Crippen molar-refractivity contribution in [2.75, 3.05) is 20.3 Å². The molecule has 0 aliphatic heterocycles. The van der Waals surface area contributed by atoms with Gasteiger partial charge in [-0.15, -0.1) is 0 Å². The summed E-state index contributed by atoms with van der Waals surface area (Å²) in [7, 11) is 1.73. The Kier molecular flexibility index (Phi) is 7.10. The summed E-state index contributed by atoms with van der Waals surface area (Å²) in [6.07, 6.45) is 2.47. The second kappa shape index (κ2) is 8.33. The van der Waals surface area contributed by atoms with Crippen molar-refractivity contribution in [3.05, 3.63) is 17.0 Å². The summed E-state index contributed by atoms with van der Waals surface area (Å²) < 4.78 is 7.20. The number of rotatable bonds is 9. The van der Waals surface area contributed by atoms with E-state index in [0.717, 1.165) is 37.9 Å². The molecule has 0 fully saturated rings. The topological polar surface area (TPSA) is 39.1 Å². The normalized spacial score (nSPS) is 11.5. The second-order valence-electron chi connectivity index (χ2n) is 5.58. The van der Waals surface area contributed by atoms with Crippen LogP contribution in [0.15, 0.2) is 0 Å². The van der Waals surface area contributed by atoms with Gasteiger partial charge >= 0.3 is 0 Å². The fourth-order valence-electron chi connectivity index (χ4n) is 2.24. The van der Waals surface area contributed by atoms with Crippen LogP contribution in [0.25, 0.3) is 0 Å². The lowest BCUT2D eigenvalue weighted by Crippen LogP contribution is -2.19. The van der Waals surface area contributed by atoms with Gasteiger partial charge in [-0.2, -0.15) is 5.10 Å². The maximum Gasteiger partial charge on any atom is 0.0641 e. The van der Waals surface area contributed by atoms with Gasteiger partial charge in [0.2, 0.25) is 0 Å². The Balaban J connectivity index is 2.51. The van der Waals surface area contributed by atoms with Gasteiger partial charge in [0.25, 0.3) is 0 Å². The first-order valence-corrected chi connectivity index (χ1v) is 7.28. The Morgan fingerprint density at radius 3 is 2.68 bits per heavy atom. The zero-order chi connectivity index (χ0) is 14.3. The molecule has 0 bridgehead atoms. The molecule has 1 heterocycles. The van der Waals surface area contributed by atoms with Gasteiger partial charge in [0.05, 0.1) is 12.3 Å². The first-order chi connectivity index (χ1) is 9.06. The van der Waals surface area contributed by atoms with Gasteiger partial charge in [0, 0.05) is 38.0 Å². The molecule has 1 rings (SSSR count). The van der Waals surface area contributed by atoms with E-state index in [1.807, 2.05) is 0 Å². The number of hydrogen-bond donors (Lipinski definition) is 1. The molecule has 0 unspecified atom stereocenters. The van der Waals surface area contributed by atoms with Crippen molar-refractivity contribution in [2.24, 2.45) is 5.92 Å². The van der Waals surface area contributed by atoms with Gasteiger partial charge in [0.1, 0.15) is 0 Å². The van der Waals surface area contributed by atoms with E-state index < -0.39 is 0 Å². The first-order valence-electron chi connectivity index (χ1n) is 7.28. The van der Waals surface area contributed by atoms with Crippen molar-refractivity contribution in [2.45, 2.75) is 53.6 Å². The highest BCUT2D eigenvalue weighted by molar-refractivity contribution is 5.24. The van der Waals surface area contributed by atoms with Crippen LogP contribution in [0.5, 0.6) is 0 Å². The van der Waals surface area contributed by atoms with Crippen molar-refractivity contribution < 1.29 is 4.74 Å². The summed E-state index contributed by atoms with van der Waals surface area (Å²) in [6.45, 7) is 12.4. The summed E-state index contributed by atoms with van der Waals surface area (Å²) >= 11 is 0. The highest BCUT2D eigenvalue weighted by Crippen LogP contribution is 2.14. The molecular weight excluding hydrogens is 238 g/mol. The Bertz CT molecular complexity index is 372. The highest BCUT2D eigenvalue weighted by atomic mass is 16.5. The number of nitrogens with zero attached hydrogens (tertiary/aromatic N) is 2. The van der Waals surface area contributed by atoms with Crippen molar-refractivity contribution in [1.29, 1.82) is 0 Å². The molecule has 1 aromatic rings. The summed E-state index contributed by atoms with van der Waals surface area (Å²) in [6, 6.07) is 0. The van der Waals surface area contributed by atoms with Gasteiger partial charge in [0.15, 0.2) is 0 Å². The smallest absolute Gasteiger partial charge is 0.0641 e. The zero-order valence-electron chi connectivity index (χ0n) is 13.1. The number of ether oxygens (including phenoxy) is 1. The fourth-order valence-corrected chi connectivity index (χ4v) is 2.24. The van der Waals surface area contributed by atoms with Gasteiger partial charge in [-0.3, -0.25) is 4.68 Å². The summed E-state index contributed by atoms with van der Waals surface area (Å²) in [5, 5.41) is 8.04. The van der Waals surface area contributed by atoms with Gasteiger partial charge in [-0.25, -0.2) is 0 Å². The van der Waals surface area contributed by atoms with E-state index in [0.29, 0.717) is 0 Å². The van der Waals surface area contributed by atoms with Crippen LogP contribution in [0, 0.1) is 19.8 Å². The Hall–Kier alpha value is -0.870. The second-order valence-corrected chi connectivity index (χ2v) is 5.58. The van der Waals surface area contributed by atoms with Crippen LogP contribution in [0.1, 0.15) is 43.6 Å². The maximum absolute atomic E-state index is 5.04. The van der Waals surface area contributed by atoms with Crippen molar-refractivity contribution in [3.8, 4) is 0 Å². The van der Waals surface area contributed by atoms with Crippen LogP contribution >= 0.6 is 0 Å². The van der Waals surface area contributed by atoms with Gasteiger partial charge in [-0.05, 0) is 32.6 Å². The van der Waals surface area contributed by atoms with Crippen LogP contribution in [0.2, 0.25) is 0 Å². The number of aromatic nitrogens is 2. The largest absolute Gasteiger partial charge is 0.383 e. The third kappa shape index (κ3) is 5.33. The van der Waals surface area contributed by atoms with E-state index in [1.54, 1.807) is 7.11 Å². The zero-order valence-corrected chi connectivity index (χ0v) is 13.1. The molecule has 0 saturated carbocycles. The van der Waals surface area contributed by atoms with E-state index in [-0.39, 0.29) is 0 Å². The number of methoxy groups -OCH3 is 1. The third-order valence-electron chi connectivity index (χ3n) is 3.47. The van der Waals surface area contributed by atoms with E-state index in [2.05, 4.69) is 42.8 Å². The molecule has 0 aliphatic rings. The number of aryl methyl sites for hydroxylation is 2. The molecule has 0 aliphatic carbocycles. The molecule has 4 heteroatoms. The summed E-state index contributed by atoms with van der Waals surface area (Å²) in [5.41, 5.74) is 3.78. The van der Waals surface area contributed by atoms with Gasteiger partial charge < -0.3 is 10.1 Å². The Morgan fingerprint density at radius 2 is 2.05 bits per heavy atom. The number of nitrogens with one attached hydrogen (secondary N) is 1. The molecule has 0 radical (unpaired) electrons. The summed E-state index contributed by atoms with van der Waals surface area (Å²) in [4.78, 5) is 0. The van der Waals surface area contributed by atoms with Gasteiger partial charge in [-0.1, -0.05) is 13.8 Å². The minimum atomic E-state index is 0.751. The van der Waals surface area contributed by atoms with Crippen LogP contribution in [-0.4, -0.2) is 30.0 Å². The standard InChI is InChI=1S/C15H29N3O/c1-12(2)7-6-9-18-14(4)15(13(3)17-18)11-16-8-10-19-5/h12,16H,6-11H2,1-5H3. The molecule has 19 heavy (non-hydrogen) atoms. The minimum absolute atomic E-state index is 0.751. The lowest BCUT2D eigenvalue weighted by Gasteiger charge is -2.08. The third-order valence-corrected chi connectivity index (χ3v) is 3.47. The number of hydrogen-bond acceptors (Lipinski definition) is 3. The SMILES string of the molecule is COCCNCc1c(C)nn(CCCC(C)C)c1C. The molecule has 110 valence electrons. The molecule has 1 N–H and O–H groups in total. The Morgan fingerprint density at radius 1 is 1.32 bits per heavy atom. The molecule has 4 nitrogen and oxygen atoms in total. The van der Waals surface area contributed by atoms with Crippen molar-refractivity contribution in [3.63, 3.8) is 0 Å². The predicted octanol–water partition coefficient (Wildman–Crippen LogP) is 2.67. The summed E-state index contributed by atoms with van der Waals surface area (Å²) in [5.74, 6) is 0.771. The highest BCUT2D eigenvalue weighted by Gasteiger charge is 2.10. The van der Waals surface area contributed by atoms with E-state index >= 15 is 0 Å². The van der Waals surface area contributed by atoms with Crippen LogP contribution in [0.3, 0.4) is 0 Å². The molecule has 0 atom stereocenters. The van der Waals surface area contributed by atoms with Crippen molar-refractivity contribution in [1.82, 2.24) is 15.1 Å². The first kappa shape index (κ1) is 16.2. The van der Waals surface area contributed by atoms with Crippen molar-refractivity contribution >= 4 is 0 Å². The molecule has 0 amide bonds. The Labute approximate surface area is 117 Å².